The van der Waals surface area contributed by atoms with Gasteiger partial charge in [-0.25, -0.2) is 4.98 Å². The number of hydrogen-bond acceptors (Lipinski definition) is 7. The van der Waals surface area contributed by atoms with Crippen LogP contribution in [0.25, 0.3) is 10.8 Å². The van der Waals surface area contributed by atoms with E-state index in [2.05, 4.69) is 15.6 Å². The normalized spacial score (nSPS) is 11.8. The summed E-state index contributed by atoms with van der Waals surface area (Å²) in [5, 5.41) is 7.55. The van der Waals surface area contributed by atoms with E-state index in [-0.39, 0.29) is 18.4 Å². The lowest BCUT2D eigenvalue weighted by Crippen LogP contribution is -2.49. The summed E-state index contributed by atoms with van der Waals surface area (Å²) < 4.78 is 15.9. The van der Waals surface area contributed by atoms with E-state index < -0.39 is 11.9 Å². The van der Waals surface area contributed by atoms with Gasteiger partial charge in [0.2, 0.25) is 11.8 Å². The number of nitrogens with zero attached hydrogens (tertiary/aromatic N) is 1. The molecular weight excluding hydrogens is 418 g/mol. The highest BCUT2D eigenvalue weighted by Crippen LogP contribution is 2.24. The fourth-order valence-electron chi connectivity index (χ4n) is 2.89. The van der Waals surface area contributed by atoms with E-state index in [4.69, 9.17) is 13.9 Å². The number of rotatable bonds is 9. The number of benzene rings is 1. The Morgan fingerprint density at radius 1 is 1.16 bits per heavy atom. The largest absolute Gasteiger partial charge is 0.497 e. The van der Waals surface area contributed by atoms with Crippen LogP contribution in [0.4, 0.5) is 0 Å². The van der Waals surface area contributed by atoms with Crippen molar-refractivity contribution in [1.82, 2.24) is 15.6 Å². The zero-order chi connectivity index (χ0) is 22.4. The zero-order valence-electron chi connectivity index (χ0n) is 17.8. The molecular formula is C22H25N3O5S. The van der Waals surface area contributed by atoms with Crippen molar-refractivity contribution in [3.63, 3.8) is 0 Å². The summed E-state index contributed by atoms with van der Waals surface area (Å²) in [6, 6.07) is 7.96. The molecule has 1 atom stereocenters. The molecule has 0 aliphatic rings. The molecule has 0 spiro atoms. The highest BCUT2D eigenvalue weighted by Gasteiger charge is 2.25. The average molecular weight is 444 g/mol. The molecule has 2 aromatic heterocycles. The molecule has 1 aromatic carbocycles. The maximum Gasteiger partial charge on any atom is 0.252 e. The Kier molecular flexibility index (Phi) is 7.30. The standard InChI is InChI=1S/C22H25N3O5S/c1-13(2)19(25-20(26)14-8-16(28-3)10-17(9-14)29-4)21(27)23-11-15-12-30-22(24-15)18-6-5-7-31-18/h5-10,12-13,19H,11H2,1-4H3,(H,23,27)(H,25,26)/t19-/m1/s1. The second kappa shape index (κ2) is 10.1. The van der Waals surface area contributed by atoms with Gasteiger partial charge in [0.25, 0.3) is 5.91 Å². The minimum absolute atomic E-state index is 0.129. The lowest BCUT2D eigenvalue weighted by molar-refractivity contribution is -0.124. The van der Waals surface area contributed by atoms with Gasteiger partial charge in [0, 0.05) is 11.6 Å². The maximum atomic E-state index is 12.8. The number of oxazole rings is 1. The van der Waals surface area contributed by atoms with Crippen molar-refractivity contribution in [1.29, 1.82) is 0 Å². The summed E-state index contributed by atoms with van der Waals surface area (Å²) in [5.41, 5.74) is 0.940. The third kappa shape index (κ3) is 5.64. The number of thiophene rings is 1. The summed E-state index contributed by atoms with van der Waals surface area (Å²) in [6.45, 7) is 3.92. The van der Waals surface area contributed by atoms with Crippen molar-refractivity contribution in [3.8, 4) is 22.3 Å². The first kappa shape index (κ1) is 22.4. The third-order valence-electron chi connectivity index (χ3n) is 4.58. The van der Waals surface area contributed by atoms with Gasteiger partial charge in [-0.05, 0) is 29.5 Å². The summed E-state index contributed by atoms with van der Waals surface area (Å²) in [5.74, 6) is 0.659. The van der Waals surface area contributed by atoms with Crippen LogP contribution in [0.5, 0.6) is 11.5 Å². The molecule has 164 valence electrons. The predicted molar refractivity (Wildman–Crippen MR) is 117 cm³/mol. The lowest BCUT2D eigenvalue weighted by atomic mass is 10.0. The van der Waals surface area contributed by atoms with Gasteiger partial charge in [-0.15, -0.1) is 11.3 Å². The number of carbonyl (C=O) groups excluding carboxylic acids is 2. The van der Waals surface area contributed by atoms with Crippen molar-refractivity contribution in [2.75, 3.05) is 14.2 Å². The van der Waals surface area contributed by atoms with Gasteiger partial charge in [0.05, 0.1) is 31.3 Å². The van der Waals surface area contributed by atoms with Gasteiger partial charge in [-0.2, -0.15) is 0 Å². The molecule has 0 radical (unpaired) electrons. The van der Waals surface area contributed by atoms with Gasteiger partial charge in [0.15, 0.2) is 0 Å². The molecule has 9 heteroatoms. The zero-order valence-corrected chi connectivity index (χ0v) is 18.6. The molecule has 3 aromatic rings. The van der Waals surface area contributed by atoms with Crippen molar-refractivity contribution < 1.29 is 23.5 Å². The minimum atomic E-state index is -0.728. The van der Waals surface area contributed by atoms with E-state index in [1.54, 1.807) is 18.2 Å². The number of carbonyl (C=O) groups is 2. The van der Waals surface area contributed by atoms with Crippen molar-refractivity contribution in [3.05, 3.63) is 53.2 Å². The predicted octanol–water partition coefficient (Wildman–Crippen LogP) is 3.49. The van der Waals surface area contributed by atoms with Crippen LogP contribution in [0.15, 0.2) is 46.4 Å². The number of amides is 2. The van der Waals surface area contributed by atoms with Crippen LogP contribution in [0.2, 0.25) is 0 Å². The second-order valence-corrected chi connectivity index (χ2v) is 8.08. The van der Waals surface area contributed by atoms with E-state index in [0.29, 0.717) is 28.6 Å². The molecule has 0 saturated heterocycles. The average Bonchev–Trinajstić information content (AvgIpc) is 3.46. The lowest BCUT2D eigenvalue weighted by Gasteiger charge is -2.21. The van der Waals surface area contributed by atoms with Crippen LogP contribution < -0.4 is 20.1 Å². The molecule has 0 bridgehead atoms. The number of ether oxygens (including phenoxy) is 2. The molecule has 8 nitrogen and oxygen atoms in total. The molecule has 0 saturated carbocycles. The highest BCUT2D eigenvalue weighted by atomic mass is 32.1. The molecule has 0 aliphatic carbocycles. The van der Waals surface area contributed by atoms with E-state index >= 15 is 0 Å². The fourth-order valence-corrected chi connectivity index (χ4v) is 3.54. The van der Waals surface area contributed by atoms with Crippen molar-refractivity contribution >= 4 is 23.2 Å². The Bertz CT molecular complexity index is 1010. The van der Waals surface area contributed by atoms with Crippen LogP contribution in [0, 0.1) is 5.92 Å². The third-order valence-corrected chi connectivity index (χ3v) is 5.43. The quantitative estimate of drug-likeness (QED) is 0.525. The summed E-state index contributed by atoms with van der Waals surface area (Å²) in [7, 11) is 3.02. The molecule has 2 heterocycles. The number of methoxy groups -OCH3 is 2. The van der Waals surface area contributed by atoms with Gasteiger partial charge >= 0.3 is 0 Å². The van der Waals surface area contributed by atoms with Gasteiger partial charge in [-0.3, -0.25) is 9.59 Å². The van der Waals surface area contributed by atoms with Crippen LogP contribution in [0.1, 0.15) is 29.9 Å². The fraction of sp³-hybridized carbons (Fsp3) is 0.318. The Morgan fingerprint density at radius 2 is 1.87 bits per heavy atom. The molecule has 2 amide bonds. The van der Waals surface area contributed by atoms with Crippen LogP contribution in [-0.2, 0) is 11.3 Å². The summed E-state index contributed by atoms with van der Waals surface area (Å²) in [4.78, 5) is 30.9. The topological polar surface area (TPSA) is 103 Å². The molecule has 2 N–H and O–H groups in total. The van der Waals surface area contributed by atoms with Gasteiger partial charge in [0.1, 0.15) is 23.8 Å². The smallest absolute Gasteiger partial charge is 0.252 e. The molecule has 3 rings (SSSR count). The van der Waals surface area contributed by atoms with E-state index in [1.165, 1.54) is 31.8 Å². The maximum absolute atomic E-state index is 12.8. The Balaban J connectivity index is 1.65. The first-order valence-electron chi connectivity index (χ1n) is 9.71. The molecule has 0 fully saturated rings. The Labute approximate surface area is 184 Å². The Hall–Kier alpha value is -3.33. The Morgan fingerprint density at radius 3 is 2.45 bits per heavy atom. The van der Waals surface area contributed by atoms with E-state index in [9.17, 15) is 9.59 Å². The SMILES string of the molecule is COc1cc(OC)cc(C(=O)N[C@@H](C(=O)NCc2coc(-c3cccs3)n2)C(C)C)c1. The summed E-state index contributed by atoms with van der Waals surface area (Å²) >= 11 is 1.52. The van der Waals surface area contributed by atoms with Gasteiger partial charge in [-0.1, -0.05) is 19.9 Å². The van der Waals surface area contributed by atoms with Crippen LogP contribution >= 0.6 is 11.3 Å². The first-order chi connectivity index (χ1) is 14.9. The van der Waals surface area contributed by atoms with Crippen LogP contribution in [0.3, 0.4) is 0 Å². The van der Waals surface area contributed by atoms with Crippen LogP contribution in [-0.4, -0.2) is 37.1 Å². The second-order valence-electron chi connectivity index (χ2n) is 7.14. The van der Waals surface area contributed by atoms with Crippen molar-refractivity contribution in [2.24, 2.45) is 5.92 Å². The van der Waals surface area contributed by atoms with E-state index in [0.717, 1.165) is 4.88 Å². The molecule has 0 aliphatic heterocycles. The monoisotopic (exact) mass is 443 g/mol. The highest BCUT2D eigenvalue weighted by molar-refractivity contribution is 7.13. The number of nitrogens with one attached hydrogen (secondary N) is 2. The molecule has 31 heavy (non-hydrogen) atoms. The van der Waals surface area contributed by atoms with Gasteiger partial charge < -0.3 is 24.5 Å². The van der Waals surface area contributed by atoms with E-state index in [1.807, 2.05) is 31.4 Å². The first-order valence-corrected chi connectivity index (χ1v) is 10.6. The number of aromatic nitrogens is 1. The minimum Gasteiger partial charge on any atom is -0.497 e. The van der Waals surface area contributed by atoms with Crippen molar-refractivity contribution in [2.45, 2.75) is 26.4 Å². The molecule has 0 unspecified atom stereocenters. The number of hydrogen-bond donors (Lipinski definition) is 2. The summed E-state index contributed by atoms with van der Waals surface area (Å²) in [6.07, 6.45) is 1.51.